The largest absolute Gasteiger partial charge is 0.373 e. The molecule has 32 heavy (non-hydrogen) atoms. The Balaban J connectivity index is 1.42. The van der Waals surface area contributed by atoms with Crippen molar-refractivity contribution < 1.29 is 13.2 Å². The van der Waals surface area contributed by atoms with Crippen LogP contribution in [0.4, 0.5) is 0 Å². The summed E-state index contributed by atoms with van der Waals surface area (Å²) < 4.78 is 39.6. The van der Waals surface area contributed by atoms with Crippen molar-refractivity contribution in [2.45, 2.75) is 46.2 Å². The summed E-state index contributed by atoms with van der Waals surface area (Å²) in [5, 5.41) is 4.75. The topological polar surface area (TPSA) is 88.7 Å². The number of ether oxygens (including phenoxy) is 1. The molecule has 0 radical (unpaired) electrons. The van der Waals surface area contributed by atoms with Gasteiger partial charge in [0.2, 0.25) is 0 Å². The van der Waals surface area contributed by atoms with Gasteiger partial charge in [0.05, 0.1) is 18.9 Å². The zero-order valence-electron chi connectivity index (χ0n) is 18.8. The van der Waals surface area contributed by atoms with Crippen LogP contribution in [0, 0.1) is 4.77 Å². The monoisotopic (exact) mass is 481 g/mol. The Kier molecular flexibility index (Phi) is 7.08. The fourth-order valence-electron chi connectivity index (χ4n) is 4.31. The van der Waals surface area contributed by atoms with Crippen molar-refractivity contribution in [3.63, 3.8) is 0 Å². The second kappa shape index (κ2) is 9.65. The Bertz CT molecular complexity index is 1070. The van der Waals surface area contributed by atoms with Gasteiger partial charge >= 0.3 is 0 Å². The van der Waals surface area contributed by atoms with E-state index in [-0.39, 0.29) is 12.2 Å². The number of nitrogens with zero attached hydrogens (tertiary/aromatic N) is 7. The number of morpholine rings is 1. The first kappa shape index (κ1) is 23.5. The van der Waals surface area contributed by atoms with Crippen LogP contribution in [0.25, 0.3) is 11.4 Å². The molecular formula is C20H31N7O3S2. The van der Waals surface area contributed by atoms with E-state index in [1.807, 2.05) is 42.2 Å². The van der Waals surface area contributed by atoms with E-state index in [2.05, 4.69) is 9.88 Å². The maximum Gasteiger partial charge on any atom is 0.282 e. The smallest absolute Gasteiger partial charge is 0.282 e. The third-order valence-electron chi connectivity index (χ3n) is 5.88. The lowest BCUT2D eigenvalue weighted by atomic mass is 10.2. The van der Waals surface area contributed by atoms with Gasteiger partial charge < -0.3 is 9.30 Å². The molecule has 10 nitrogen and oxygen atoms in total. The van der Waals surface area contributed by atoms with Gasteiger partial charge in [0.25, 0.3) is 10.2 Å². The molecule has 2 fully saturated rings. The van der Waals surface area contributed by atoms with Gasteiger partial charge in [-0.25, -0.2) is 4.68 Å². The van der Waals surface area contributed by atoms with Gasteiger partial charge in [0, 0.05) is 63.8 Å². The average molecular weight is 482 g/mol. The first-order valence-electron chi connectivity index (χ1n) is 11.0. The molecular weight excluding hydrogens is 450 g/mol. The van der Waals surface area contributed by atoms with Crippen LogP contribution in [0.2, 0.25) is 0 Å². The highest BCUT2D eigenvalue weighted by Gasteiger charge is 2.36. The molecule has 12 heteroatoms. The number of piperazine rings is 1. The molecule has 4 heterocycles. The predicted molar refractivity (Wildman–Crippen MR) is 124 cm³/mol. The Morgan fingerprint density at radius 1 is 1.06 bits per heavy atom. The molecule has 2 aliphatic rings. The molecule has 0 aliphatic carbocycles. The van der Waals surface area contributed by atoms with Crippen molar-refractivity contribution in [1.29, 1.82) is 0 Å². The van der Waals surface area contributed by atoms with Gasteiger partial charge in [-0.3, -0.25) is 9.88 Å². The molecule has 0 N–H and O–H groups in total. The zero-order valence-corrected chi connectivity index (χ0v) is 20.4. The third-order valence-corrected chi connectivity index (χ3v) is 8.28. The lowest BCUT2D eigenvalue weighted by molar-refractivity contribution is -0.0458. The summed E-state index contributed by atoms with van der Waals surface area (Å²) in [5.41, 5.74) is 0.969. The molecule has 0 spiro atoms. The molecule has 0 saturated carbocycles. The minimum atomic E-state index is -3.49. The molecule has 2 aromatic heterocycles. The zero-order chi connectivity index (χ0) is 22.9. The molecule has 2 aromatic rings. The Hall–Kier alpha value is -1.70. The van der Waals surface area contributed by atoms with Crippen molar-refractivity contribution in [2.24, 2.45) is 0 Å². The first-order valence-corrected chi connectivity index (χ1v) is 12.8. The minimum Gasteiger partial charge on any atom is -0.373 e. The summed E-state index contributed by atoms with van der Waals surface area (Å²) in [7, 11) is -3.49. The highest BCUT2D eigenvalue weighted by molar-refractivity contribution is 7.86. The average Bonchev–Trinajstić information content (AvgIpc) is 3.09. The van der Waals surface area contributed by atoms with Crippen molar-refractivity contribution >= 4 is 22.4 Å². The molecule has 176 valence electrons. The van der Waals surface area contributed by atoms with E-state index in [4.69, 9.17) is 22.1 Å². The summed E-state index contributed by atoms with van der Waals surface area (Å²) in [5.74, 6) is 0.816. The molecule has 2 saturated heterocycles. The summed E-state index contributed by atoms with van der Waals surface area (Å²) >= 11 is 5.67. The van der Waals surface area contributed by atoms with Gasteiger partial charge in [-0.15, -0.1) is 0 Å². The van der Waals surface area contributed by atoms with E-state index < -0.39 is 10.2 Å². The van der Waals surface area contributed by atoms with Crippen LogP contribution >= 0.6 is 12.2 Å². The van der Waals surface area contributed by atoms with E-state index in [1.54, 1.807) is 21.0 Å². The fourth-order valence-corrected chi connectivity index (χ4v) is 6.37. The highest BCUT2D eigenvalue weighted by atomic mass is 32.2. The van der Waals surface area contributed by atoms with Crippen LogP contribution in [0.1, 0.15) is 20.8 Å². The van der Waals surface area contributed by atoms with E-state index in [0.717, 1.165) is 17.9 Å². The van der Waals surface area contributed by atoms with Crippen LogP contribution in [-0.2, 0) is 28.2 Å². The highest BCUT2D eigenvalue weighted by Crippen LogP contribution is 2.20. The van der Waals surface area contributed by atoms with Crippen LogP contribution in [-0.4, -0.2) is 92.7 Å². The summed E-state index contributed by atoms with van der Waals surface area (Å²) in [6.07, 6.45) is 3.29. The van der Waals surface area contributed by atoms with Crippen molar-refractivity contribution in [3.8, 4) is 11.4 Å². The molecule has 2 unspecified atom stereocenters. The second-order valence-corrected chi connectivity index (χ2v) is 10.6. The molecule has 2 atom stereocenters. The molecule has 4 rings (SSSR count). The first-order chi connectivity index (χ1) is 15.3. The Morgan fingerprint density at radius 3 is 2.28 bits per heavy atom. The minimum absolute atomic E-state index is 0.0973. The quantitative estimate of drug-likeness (QED) is 0.577. The van der Waals surface area contributed by atoms with E-state index in [1.165, 1.54) is 0 Å². The van der Waals surface area contributed by atoms with Crippen molar-refractivity contribution in [3.05, 3.63) is 29.3 Å². The molecule has 2 aliphatic heterocycles. The normalized spacial score (nSPS) is 24.1. The molecule has 0 bridgehead atoms. The number of aromatic nitrogens is 4. The number of hydrogen-bond donors (Lipinski definition) is 0. The van der Waals surface area contributed by atoms with Gasteiger partial charge in [-0.1, -0.05) is 0 Å². The SMILES string of the molecule is CCn1c(-c2ccncc2)nn(CN2CCN(S(=O)(=O)N3CC(C)OC(C)C3)CC2)c1=S. The van der Waals surface area contributed by atoms with Gasteiger partial charge in [0.15, 0.2) is 10.6 Å². The van der Waals surface area contributed by atoms with Gasteiger partial charge in [-0.2, -0.15) is 22.1 Å². The van der Waals surface area contributed by atoms with E-state index >= 15 is 0 Å². The summed E-state index contributed by atoms with van der Waals surface area (Å²) in [4.78, 5) is 6.27. The Morgan fingerprint density at radius 2 is 1.69 bits per heavy atom. The van der Waals surface area contributed by atoms with Crippen LogP contribution in [0.5, 0.6) is 0 Å². The summed E-state index contributed by atoms with van der Waals surface area (Å²) in [6, 6.07) is 3.84. The standard InChI is InChI=1S/C20H31N7O3S2/c1-4-26-19(18-5-7-21-8-6-18)22-27(20(26)31)15-23-9-11-24(12-10-23)32(28,29)25-13-16(2)30-17(3)14-25/h5-8,16-17H,4,9-15H2,1-3H3. The molecule has 0 amide bonds. The fraction of sp³-hybridized carbons (Fsp3) is 0.650. The van der Waals surface area contributed by atoms with E-state index in [0.29, 0.717) is 50.7 Å². The van der Waals surface area contributed by atoms with Crippen LogP contribution < -0.4 is 0 Å². The maximum absolute atomic E-state index is 13.1. The summed E-state index contributed by atoms with van der Waals surface area (Å²) in [6.45, 7) is 10.1. The predicted octanol–water partition coefficient (Wildman–Crippen LogP) is 1.43. The lowest BCUT2D eigenvalue weighted by Crippen LogP contribution is -2.57. The van der Waals surface area contributed by atoms with E-state index in [9.17, 15) is 8.42 Å². The van der Waals surface area contributed by atoms with Crippen molar-refractivity contribution in [1.82, 2.24) is 32.8 Å². The third kappa shape index (κ3) is 4.80. The number of pyridine rings is 1. The van der Waals surface area contributed by atoms with Crippen molar-refractivity contribution in [2.75, 3.05) is 39.3 Å². The van der Waals surface area contributed by atoms with Gasteiger partial charge in [-0.05, 0) is 45.1 Å². The Labute approximate surface area is 194 Å². The lowest BCUT2D eigenvalue weighted by Gasteiger charge is -2.40. The molecule has 0 aromatic carbocycles. The van der Waals surface area contributed by atoms with Gasteiger partial charge in [0.1, 0.15) is 0 Å². The number of hydrogen-bond acceptors (Lipinski definition) is 7. The maximum atomic E-state index is 13.1. The number of rotatable bonds is 6. The second-order valence-electron chi connectivity index (χ2n) is 8.33. The van der Waals surface area contributed by atoms with Crippen LogP contribution in [0.15, 0.2) is 24.5 Å². The van der Waals surface area contributed by atoms with Crippen LogP contribution in [0.3, 0.4) is 0 Å².